The molecule has 0 heterocycles. The summed E-state index contributed by atoms with van der Waals surface area (Å²) in [5, 5.41) is 10.6. The van der Waals surface area contributed by atoms with E-state index in [1.807, 2.05) is 36.4 Å². The summed E-state index contributed by atoms with van der Waals surface area (Å²) in [6.45, 7) is 0.867. The van der Waals surface area contributed by atoms with Crippen LogP contribution in [-0.2, 0) is 17.6 Å². The van der Waals surface area contributed by atoms with Crippen molar-refractivity contribution in [3.63, 3.8) is 0 Å². The molecule has 0 aliphatic heterocycles. The van der Waals surface area contributed by atoms with Gasteiger partial charge in [0.15, 0.2) is 0 Å². The third-order valence-electron chi connectivity index (χ3n) is 7.10. The largest absolute Gasteiger partial charge is 0.385 e. The Morgan fingerprint density at radius 3 is 2.47 bits per heavy atom. The van der Waals surface area contributed by atoms with Gasteiger partial charge in [-0.05, 0) is 97.4 Å². The van der Waals surface area contributed by atoms with Gasteiger partial charge in [0.05, 0.1) is 11.6 Å². The van der Waals surface area contributed by atoms with Crippen LogP contribution in [0.25, 0.3) is 10.8 Å². The Morgan fingerprint density at radius 2 is 1.75 bits per heavy atom. The van der Waals surface area contributed by atoms with Crippen LogP contribution in [0.2, 0.25) is 0 Å². The van der Waals surface area contributed by atoms with E-state index in [9.17, 15) is 0 Å². The summed E-state index contributed by atoms with van der Waals surface area (Å²) < 4.78 is 20.4. The molecule has 3 aromatic rings. The lowest BCUT2D eigenvalue weighted by molar-refractivity contribution is 0.180. The average molecular weight is 430 g/mol. The highest BCUT2D eigenvalue weighted by molar-refractivity contribution is 5.84. The molecular formula is C29H32FNO. The van der Waals surface area contributed by atoms with Gasteiger partial charge in [-0.25, -0.2) is 4.39 Å². The SMILES string of the molecule is COCCCC1CCC(c2ccc3c(F)c(CCc4ccc(C#N)cc4)ccc3c2)CC1. The smallest absolute Gasteiger partial charge is 0.134 e. The number of hydrogen-bond acceptors (Lipinski definition) is 2. The molecular weight excluding hydrogens is 397 g/mol. The van der Waals surface area contributed by atoms with E-state index in [1.165, 1.54) is 37.7 Å². The van der Waals surface area contributed by atoms with Gasteiger partial charge in [0, 0.05) is 19.1 Å². The normalized spacial score (nSPS) is 18.5. The maximum absolute atomic E-state index is 15.2. The number of ether oxygens (including phenoxy) is 1. The third-order valence-corrected chi connectivity index (χ3v) is 7.10. The fourth-order valence-corrected chi connectivity index (χ4v) is 5.13. The molecule has 4 rings (SSSR count). The monoisotopic (exact) mass is 429 g/mol. The van der Waals surface area contributed by atoms with E-state index >= 15 is 4.39 Å². The lowest BCUT2D eigenvalue weighted by Gasteiger charge is -2.29. The number of nitriles is 1. The van der Waals surface area contributed by atoms with Crippen molar-refractivity contribution in [3.05, 3.63) is 82.7 Å². The van der Waals surface area contributed by atoms with Crippen LogP contribution < -0.4 is 0 Å². The van der Waals surface area contributed by atoms with Crippen molar-refractivity contribution in [2.24, 2.45) is 5.92 Å². The Morgan fingerprint density at radius 1 is 0.969 bits per heavy atom. The van der Waals surface area contributed by atoms with Crippen molar-refractivity contribution in [1.29, 1.82) is 5.26 Å². The fraction of sp³-hybridized carbons (Fsp3) is 0.414. The van der Waals surface area contributed by atoms with Crippen molar-refractivity contribution in [3.8, 4) is 6.07 Å². The molecule has 0 atom stereocenters. The first-order valence-electron chi connectivity index (χ1n) is 11.9. The zero-order valence-electron chi connectivity index (χ0n) is 18.9. The van der Waals surface area contributed by atoms with Gasteiger partial charge in [-0.15, -0.1) is 0 Å². The van der Waals surface area contributed by atoms with Crippen LogP contribution in [-0.4, -0.2) is 13.7 Å². The summed E-state index contributed by atoms with van der Waals surface area (Å²) in [7, 11) is 1.78. The van der Waals surface area contributed by atoms with Gasteiger partial charge >= 0.3 is 0 Å². The molecule has 166 valence electrons. The number of aryl methyl sites for hydroxylation is 2. The number of methoxy groups -OCH3 is 1. The summed E-state index contributed by atoms with van der Waals surface area (Å²) in [6, 6.07) is 20.0. The van der Waals surface area contributed by atoms with E-state index < -0.39 is 0 Å². The Labute approximate surface area is 191 Å². The van der Waals surface area contributed by atoms with E-state index in [0.29, 0.717) is 17.9 Å². The quantitative estimate of drug-likeness (QED) is 0.351. The van der Waals surface area contributed by atoms with E-state index in [4.69, 9.17) is 10.00 Å². The molecule has 0 unspecified atom stereocenters. The Balaban J connectivity index is 1.40. The number of fused-ring (bicyclic) bond motifs is 1. The minimum absolute atomic E-state index is 0.0930. The molecule has 1 fully saturated rings. The molecule has 0 radical (unpaired) electrons. The molecule has 1 aliphatic carbocycles. The van der Waals surface area contributed by atoms with Gasteiger partial charge < -0.3 is 4.74 Å². The maximum atomic E-state index is 15.2. The second-order valence-electron chi connectivity index (χ2n) is 9.18. The first-order chi connectivity index (χ1) is 15.7. The second kappa shape index (κ2) is 10.7. The molecule has 0 spiro atoms. The van der Waals surface area contributed by atoms with E-state index in [1.54, 1.807) is 7.11 Å². The molecule has 32 heavy (non-hydrogen) atoms. The van der Waals surface area contributed by atoms with Crippen molar-refractivity contribution < 1.29 is 9.13 Å². The Bertz CT molecular complexity index is 1070. The first kappa shape index (κ1) is 22.5. The minimum Gasteiger partial charge on any atom is -0.385 e. The van der Waals surface area contributed by atoms with Crippen molar-refractivity contribution in [2.45, 2.75) is 57.3 Å². The fourth-order valence-electron chi connectivity index (χ4n) is 5.13. The zero-order valence-corrected chi connectivity index (χ0v) is 18.9. The highest BCUT2D eigenvalue weighted by Gasteiger charge is 2.22. The topological polar surface area (TPSA) is 33.0 Å². The van der Waals surface area contributed by atoms with Crippen LogP contribution in [0.4, 0.5) is 4.39 Å². The molecule has 1 aliphatic rings. The highest BCUT2D eigenvalue weighted by atomic mass is 19.1. The van der Waals surface area contributed by atoms with Crippen molar-refractivity contribution >= 4 is 10.8 Å². The van der Waals surface area contributed by atoms with E-state index in [0.717, 1.165) is 47.3 Å². The number of rotatable bonds is 8. The predicted molar refractivity (Wildman–Crippen MR) is 128 cm³/mol. The molecule has 3 heteroatoms. The molecule has 0 aromatic heterocycles. The molecule has 0 N–H and O–H groups in total. The van der Waals surface area contributed by atoms with Crippen LogP contribution in [0.1, 0.15) is 66.7 Å². The summed E-state index contributed by atoms with van der Waals surface area (Å²) in [4.78, 5) is 0. The van der Waals surface area contributed by atoms with Gasteiger partial charge in [-0.3, -0.25) is 0 Å². The lowest BCUT2D eigenvalue weighted by Crippen LogP contribution is -2.14. The van der Waals surface area contributed by atoms with Crippen LogP contribution in [0.15, 0.2) is 54.6 Å². The molecule has 0 amide bonds. The van der Waals surface area contributed by atoms with Crippen molar-refractivity contribution in [1.82, 2.24) is 0 Å². The summed E-state index contributed by atoms with van der Waals surface area (Å²) in [5.74, 6) is 1.33. The Kier molecular flexibility index (Phi) is 7.55. The van der Waals surface area contributed by atoms with Crippen LogP contribution >= 0.6 is 0 Å². The second-order valence-corrected chi connectivity index (χ2v) is 9.18. The predicted octanol–water partition coefficient (Wildman–Crippen LogP) is 7.34. The number of halogens is 1. The zero-order chi connectivity index (χ0) is 22.3. The third kappa shape index (κ3) is 5.37. The molecule has 0 bridgehead atoms. The van der Waals surface area contributed by atoms with Crippen molar-refractivity contribution in [2.75, 3.05) is 13.7 Å². The molecule has 0 saturated heterocycles. The number of hydrogen-bond donors (Lipinski definition) is 0. The van der Waals surface area contributed by atoms with Gasteiger partial charge in [-0.2, -0.15) is 5.26 Å². The Hall–Kier alpha value is -2.70. The summed E-state index contributed by atoms with van der Waals surface area (Å²) in [5.41, 5.74) is 3.89. The first-order valence-corrected chi connectivity index (χ1v) is 11.9. The molecule has 2 nitrogen and oxygen atoms in total. The van der Waals surface area contributed by atoms with Gasteiger partial charge in [0.1, 0.15) is 5.82 Å². The van der Waals surface area contributed by atoms with Gasteiger partial charge in [-0.1, -0.05) is 42.5 Å². The summed E-state index contributed by atoms with van der Waals surface area (Å²) in [6.07, 6.45) is 8.89. The molecule has 1 saturated carbocycles. The average Bonchev–Trinajstić information content (AvgIpc) is 2.84. The standard InChI is InChI=1S/C29H32FNO/c1-32-18-2-3-21-8-11-24(12-9-21)26-16-17-28-27(19-26)15-14-25(29(28)30)13-10-22-4-6-23(20-31)7-5-22/h4-7,14-17,19,21,24H,2-3,8-13,18H2,1H3. The number of nitrogens with zero attached hydrogens (tertiary/aromatic N) is 1. The van der Waals surface area contributed by atoms with E-state index in [-0.39, 0.29) is 5.82 Å². The van der Waals surface area contributed by atoms with Crippen LogP contribution in [0, 0.1) is 23.1 Å². The summed E-state index contributed by atoms with van der Waals surface area (Å²) >= 11 is 0. The van der Waals surface area contributed by atoms with Crippen LogP contribution in [0.5, 0.6) is 0 Å². The van der Waals surface area contributed by atoms with Crippen LogP contribution in [0.3, 0.4) is 0 Å². The van der Waals surface area contributed by atoms with E-state index in [2.05, 4.69) is 24.3 Å². The highest BCUT2D eigenvalue weighted by Crippen LogP contribution is 2.38. The lowest BCUT2D eigenvalue weighted by atomic mass is 9.77. The van der Waals surface area contributed by atoms with Gasteiger partial charge in [0.25, 0.3) is 0 Å². The number of benzene rings is 3. The maximum Gasteiger partial charge on any atom is 0.134 e. The minimum atomic E-state index is -0.0930. The molecule has 3 aromatic carbocycles. The van der Waals surface area contributed by atoms with Gasteiger partial charge in [0.2, 0.25) is 0 Å².